The number of hydrogen-bond donors (Lipinski definition) is 1. The number of fused-ring (bicyclic) bond motifs is 1. The molecule has 1 N–H and O–H groups in total. The van der Waals surface area contributed by atoms with Gasteiger partial charge >= 0.3 is 5.97 Å². The summed E-state index contributed by atoms with van der Waals surface area (Å²) in [7, 11) is 0. The molecule has 2 aromatic carbocycles. The summed E-state index contributed by atoms with van der Waals surface area (Å²) in [5.41, 5.74) is 4.07. The van der Waals surface area contributed by atoms with Crippen LogP contribution >= 0.6 is 11.6 Å². The molecule has 0 spiro atoms. The molecule has 1 heterocycles. The van der Waals surface area contributed by atoms with E-state index >= 15 is 0 Å². The van der Waals surface area contributed by atoms with Crippen molar-refractivity contribution < 1.29 is 18.3 Å². The van der Waals surface area contributed by atoms with Gasteiger partial charge in [0, 0.05) is 21.8 Å². The summed E-state index contributed by atoms with van der Waals surface area (Å²) in [6, 6.07) is 14.6. The van der Waals surface area contributed by atoms with Crippen LogP contribution in [0.15, 0.2) is 54.7 Å². The van der Waals surface area contributed by atoms with E-state index in [2.05, 4.69) is 5.10 Å². The third-order valence-electron chi connectivity index (χ3n) is 5.55. The van der Waals surface area contributed by atoms with Crippen LogP contribution in [0.1, 0.15) is 37.1 Å². The van der Waals surface area contributed by atoms with Gasteiger partial charge < -0.3 is 4.74 Å². The van der Waals surface area contributed by atoms with Crippen LogP contribution in [0.2, 0.25) is 5.02 Å². The molecule has 1 aliphatic carbocycles. The first kappa shape index (κ1) is 22.5. The quantitative estimate of drug-likeness (QED) is 0.394. The number of carbonyl (C=O) groups excluding carboxylic acids is 1. The lowest BCUT2D eigenvalue weighted by atomic mass is 9.92. The molecule has 0 bridgehead atoms. The molecule has 2 unspecified atom stereocenters. The Hall–Kier alpha value is -2.68. The Bertz CT molecular complexity index is 1150. The van der Waals surface area contributed by atoms with Crippen molar-refractivity contribution >= 4 is 34.5 Å². The molecular formula is C23H24ClN3O4S. The largest absolute Gasteiger partial charge is 0.465 e. The third kappa shape index (κ3) is 4.57. The molecule has 32 heavy (non-hydrogen) atoms. The Morgan fingerprint density at radius 3 is 2.88 bits per heavy atom. The van der Waals surface area contributed by atoms with Gasteiger partial charge in [-0.05, 0) is 49.9 Å². The first-order valence-electron chi connectivity index (χ1n) is 10.4. The van der Waals surface area contributed by atoms with Crippen LogP contribution in [0.3, 0.4) is 0 Å². The van der Waals surface area contributed by atoms with E-state index < -0.39 is 11.3 Å². The van der Waals surface area contributed by atoms with E-state index in [1.807, 2.05) is 48.5 Å². The normalized spacial score (nSPS) is 16.3. The number of hydrogen-bond acceptors (Lipinski definition) is 4. The highest BCUT2D eigenvalue weighted by Crippen LogP contribution is 2.39. The van der Waals surface area contributed by atoms with E-state index in [4.69, 9.17) is 16.3 Å². The highest BCUT2D eigenvalue weighted by Gasteiger charge is 2.32. The molecule has 0 radical (unpaired) electrons. The minimum absolute atomic E-state index is 0.0279. The lowest BCUT2D eigenvalue weighted by Gasteiger charge is -2.33. The van der Waals surface area contributed by atoms with Gasteiger partial charge in [0.1, 0.15) is 6.54 Å². The van der Waals surface area contributed by atoms with Gasteiger partial charge in [0.25, 0.3) is 11.3 Å². The van der Waals surface area contributed by atoms with Crippen molar-refractivity contribution in [1.82, 2.24) is 9.78 Å². The van der Waals surface area contributed by atoms with E-state index in [1.54, 1.807) is 17.8 Å². The highest BCUT2D eigenvalue weighted by atomic mass is 35.5. The Balaban J connectivity index is 1.69. The molecule has 0 amide bonds. The predicted molar refractivity (Wildman–Crippen MR) is 125 cm³/mol. The molecule has 7 nitrogen and oxygen atoms in total. The molecule has 0 saturated heterocycles. The third-order valence-corrected chi connectivity index (χ3v) is 6.68. The Morgan fingerprint density at radius 1 is 1.31 bits per heavy atom. The van der Waals surface area contributed by atoms with Crippen molar-refractivity contribution in [2.24, 2.45) is 0 Å². The average Bonchev–Trinajstić information content (AvgIpc) is 3.18. The molecule has 0 saturated carbocycles. The molecule has 9 heteroatoms. The molecule has 3 aromatic rings. The van der Waals surface area contributed by atoms with Crippen LogP contribution in [0.25, 0.3) is 11.1 Å². The summed E-state index contributed by atoms with van der Waals surface area (Å²) in [5.74, 6) is -0.351. The van der Waals surface area contributed by atoms with Crippen LogP contribution in [0, 0.1) is 0 Å². The number of nitrogens with zero attached hydrogens (tertiary/aromatic N) is 3. The van der Waals surface area contributed by atoms with Crippen molar-refractivity contribution in [2.45, 2.75) is 38.8 Å². The van der Waals surface area contributed by atoms with Crippen LogP contribution in [0.4, 0.5) is 5.69 Å². The number of rotatable bonds is 7. The van der Waals surface area contributed by atoms with E-state index in [0.717, 1.165) is 35.2 Å². The molecule has 1 aliphatic rings. The van der Waals surface area contributed by atoms with E-state index in [9.17, 15) is 13.6 Å². The van der Waals surface area contributed by atoms with Gasteiger partial charge in [0.2, 0.25) is 0 Å². The van der Waals surface area contributed by atoms with Crippen molar-refractivity contribution in [3.8, 4) is 11.1 Å². The molecule has 0 fully saturated rings. The van der Waals surface area contributed by atoms with Gasteiger partial charge in [-0.1, -0.05) is 41.9 Å². The monoisotopic (exact) mass is 473 g/mol. The summed E-state index contributed by atoms with van der Waals surface area (Å²) >= 11 is 4.10. The Labute approximate surface area is 194 Å². The van der Waals surface area contributed by atoms with Crippen molar-refractivity contribution in [3.63, 3.8) is 0 Å². The number of esters is 1. The second-order valence-corrected chi connectivity index (χ2v) is 8.77. The molecule has 4 rings (SSSR count). The van der Waals surface area contributed by atoms with Crippen LogP contribution < -0.4 is 4.31 Å². The SMILES string of the molecule is CCOC(=O)Cn1ncc2c1CCCC2N(c1cccc(-c2ccccc2Cl)c1)S(=O)O. The Morgan fingerprint density at radius 2 is 2.12 bits per heavy atom. The topological polar surface area (TPSA) is 84.7 Å². The summed E-state index contributed by atoms with van der Waals surface area (Å²) < 4.78 is 30.9. The van der Waals surface area contributed by atoms with Crippen molar-refractivity contribution in [2.75, 3.05) is 10.9 Å². The number of anilines is 1. The fourth-order valence-electron chi connectivity index (χ4n) is 4.19. The first-order valence-corrected chi connectivity index (χ1v) is 11.9. The zero-order chi connectivity index (χ0) is 22.7. The summed E-state index contributed by atoms with van der Waals surface area (Å²) in [6.07, 6.45) is 3.94. The standard InChI is InChI=1S/C23H24ClN3O4S/c1-2-31-23(28)15-26-21-11-6-12-22(19(21)14-25-26)27(32(29)30)17-8-5-7-16(13-17)18-9-3-4-10-20(18)24/h3-5,7-10,13-14,22H,2,6,11-12,15H2,1H3,(H,29,30). The predicted octanol–water partition coefficient (Wildman–Crippen LogP) is 4.79. The lowest BCUT2D eigenvalue weighted by Crippen LogP contribution is -2.33. The smallest absolute Gasteiger partial charge is 0.327 e. The zero-order valence-corrected chi connectivity index (χ0v) is 19.2. The van der Waals surface area contributed by atoms with Gasteiger partial charge in [-0.2, -0.15) is 5.10 Å². The van der Waals surface area contributed by atoms with Gasteiger partial charge in [-0.25, -0.2) is 4.21 Å². The summed E-state index contributed by atoms with van der Waals surface area (Å²) in [6.45, 7) is 2.10. The number of benzene rings is 2. The van der Waals surface area contributed by atoms with Crippen LogP contribution in [0.5, 0.6) is 0 Å². The van der Waals surface area contributed by atoms with Crippen LogP contribution in [-0.4, -0.2) is 31.1 Å². The average molecular weight is 474 g/mol. The van der Waals surface area contributed by atoms with E-state index in [0.29, 0.717) is 23.7 Å². The second-order valence-electron chi connectivity index (χ2n) is 7.50. The van der Waals surface area contributed by atoms with E-state index in [-0.39, 0.29) is 18.6 Å². The number of halogens is 1. The minimum atomic E-state index is -2.26. The molecule has 1 aromatic heterocycles. The van der Waals surface area contributed by atoms with E-state index in [1.165, 1.54) is 4.31 Å². The summed E-state index contributed by atoms with van der Waals surface area (Å²) in [4.78, 5) is 11.9. The maximum atomic E-state index is 12.5. The maximum Gasteiger partial charge on any atom is 0.327 e. The molecule has 2 atom stereocenters. The minimum Gasteiger partial charge on any atom is -0.465 e. The van der Waals surface area contributed by atoms with Gasteiger partial charge in [-0.3, -0.25) is 18.3 Å². The molecule has 0 aliphatic heterocycles. The summed E-state index contributed by atoms with van der Waals surface area (Å²) in [5, 5.41) is 4.99. The number of ether oxygens (including phenoxy) is 1. The highest BCUT2D eigenvalue weighted by molar-refractivity contribution is 7.80. The van der Waals surface area contributed by atoms with Crippen LogP contribution in [-0.2, 0) is 33.8 Å². The van der Waals surface area contributed by atoms with Crippen molar-refractivity contribution in [1.29, 1.82) is 0 Å². The number of carbonyl (C=O) groups is 1. The van der Waals surface area contributed by atoms with Gasteiger partial charge in [0.15, 0.2) is 0 Å². The fourth-order valence-corrected chi connectivity index (χ4v) is 5.16. The fraction of sp³-hybridized carbons (Fsp3) is 0.304. The van der Waals surface area contributed by atoms with Gasteiger partial charge in [-0.15, -0.1) is 0 Å². The maximum absolute atomic E-state index is 12.5. The van der Waals surface area contributed by atoms with Crippen molar-refractivity contribution in [3.05, 3.63) is 71.0 Å². The molecule has 168 valence electrons. The lowest BCUT2D eigenvalue weighted by molar-refractivity contribution is -0.144. The second kappa shape index (κ2) is 9.85. The Kier molecular flexibility index (Phi) is 6.93. The number of aromatic nitrogens is 2. The van der Waals surface area contributed by atoms with Gasteiger partial charge in [0.05, 0.1) is 24.5 Å². The molecular weight excluding hydrogens is 450 g/mol. The zero-order valence-electron chi connectivity index (χ0n) is 17.6. The first-order chi connectivity index (χ1) is 15.5.